The summed E-state index contributed by atoms with van der Waals surface area (Å²) in [5.74, 6) is 0.527. The second-order valence-corrected chi connectivity index (χ2v) is 6.17. The standard InChI is InChI=1S/C14H18BrN3O/c15-12-8-16-5-4-13(12)18-9-11(10-18)14(19)17-6-2-1-3-7-17/h4-5,8,11H,1-3,6-7,9-10H2. The maximum Gasteiger partial charge on any atom is 0.229 e. The van der Waals surface area contributed by atoms with Crippen LogP contribution in [0.5, 0.6) is 0 Å². The second-order valence-electron chi connectivity index (χ2n) is 5.31. The summed E-state index contributed by atoms with van der Waals surface area (Å²) in [6.45, 7) is 3.57. The Labute approximate surface area is 121 Å². The van der Waals surface area contributed by atoms with Crippen molar-refractivity contribution >= 4 is 27.5 Å². The first kappa shape index (κ1) is 12.9. The van der Waals surface area contributed by atoms with E-state index in [0.717, 1.165) is 49.2 Å². The minimum absolute atomic E-state index is 0.179. The van der Waals surface area contributed by atoms with E-state index in [4.69, 9.17) is 0 Å². The van der Waals surface area contributed by atoms with E-state index < -0.39 is 0 Å². The molecule has 0 aromatic carbocycles. The lowest BCUT2D eigenvalue weighted by atomic mass is 9.96. The van der Waals surface area contributed by atoms with Crippen molar-refractivity contribution in [2.24, 2.45) is 5.92 Å². The number of anilines is 1. The lowest BCUT2D eigenvalue weighted by Gasteiger charge is -2.43. The van der Waals surface area contributed by atoms with Crippen LogP contribution in [0.4, 0.5) is 5.69 Å². The molecule has 2 saturated heterocycles. The monoisotopic (exact) mass is 323 g/mol. The third-order valence-corrected chi connectivity index (χ3v) is 4.60. The van der Waals surface area contributed by atoms with E-state index in [0.29, 0.717) is 5.91 Å². The molecule has 2 aliphatic rings. The van der Waals surface area contributed by atoms with Crippen molar-refractivity contribution < 1.29 is 4.79 Å². The molecule has 0 spiro atoms. The van der Waals surface area contributed by atoms with E-state index in [-0.39, 0.29) is 5.92 Å². The van der Waals surface area contributed by atoms with Crippen LogP contribution in [0.3, 0.4) is 0 Å². The molecule has 1 amide bonds. The zero-order chi connectivity index (χ0) is 13.2. The number of amides is 1. The highest BCUT2D eigenvalue weighted by molar-refractivity contribution is 9.10. The first-order chi connectivity index (χ1) is 9.25. The van der Waals surface area contributed by atoms with Gasteiger partial charge in [0, 0.05) is 38.6 Å². The van der Waals surface area contributed by atoms with Gasteiger partial charge in [-0.05, 0) is 41.3 Å². The van der Waals surface area contributed by atoms with Gasteiger partial charge in [-0.2, -0.15) is 0 Å². The highest BCUT2D eigenvalue weighted by Crippen LogP contribution is 2.31. The number of pyridine rings is 1. The Bertz CT molecular complexity index is 468. The van der Waals surface area contributed by atoms with E-state index in [1.807, 2.05) is 11.0 Å². The molecule has 5 heteroatoms. The van der Waals surface area contributed by atoms with Crippen LogP contribution in [-0.2, 0) is 4.79 Å². The van der Waals surface area contributed by atoms with E-state index in [1.165, 1.54) is 6.42 Å². The van der Waals surface area contributed by atoms with Crippen LogP contribution in [0, 0.1) is 5.92 Å². The summed E-state index contributed by atoms with van der Waals surface area (Å²) in [7, 11) is 0. The number of halogens is 1. The van der Waals surface area contributed by atoms with Gasteiger partial charge in [-0.3, -0.25) is 9.78 Å². The number of aromatic nitrogens is 1. The molecule has 0 aliphatic carbocycles. The molecular formula is C14H18BrN3O. The van der Waals surface area contributed by atoms with Gasteiger partial charge in [-0.15, -0.1) is 0 Å². The fourth-order valence-electron chi connectivity index (χ4n) is 2.83. The van der Waals surface area contributed by atoms with Crippen molar-refractivity contribution in [1.82, 2.24) is 9.88 Å². The quantitative estimate of drug-likeness (QED) is 0.837. The molecular weight excluding hydrogens is 306 g/mol. The molecule has 1 aromatic heterocycles. The summed E-state index contributed by atoms with van der Waals surface area (Å²) in [6.07, 6.45) is 7.19. The third-order valence-electron chi connectivity index (χ3n) is 3.99. The fourth-order valence-corrected chi connectivity index (χ4v) is 3.33. The number of hydrogen-bond donors (Lipinski definition) is 0. The second kappa shape index (κ2) is 5.49. The molecule has 4 nitrogen and oxygen atoms in total. The van der Waals surface area contributed by atoms with Crippen LogP contribution < -0.4 is 4.90 Å². The van der Waals surface area contributed by atoms with Gasteiger partial charge in [-0.1, -0.05) is 0 Å². The van der Waals surface area contributed by atoms with Gasteiger partial charge in [0.05, 0.1) is 16.1 Å². The molecule has 0 unspecified atom stereocenters. The molecule has 0 N–H and O–H groups in total. The molecule has 0 atom stereocenters. The van der Waals surface area contributed by atoms with Gasteiger partial charge >= 0.3 is 0 Å². The van der Waals surface area contributed by atoms with Crippen molar-refractivity contribution in [1.29, 1.82) is 0 Å². The van der Waals surface area contributed by atoms with Gasteiger partial charge < -0.3 is 9.80 Å². The molecule has 0 bridgehead atoms. The number of rotatable bonds is 2. The van der Waals surface area contributed by atoms with Crippen LogP contribution >= 0.6 is 15.9 Å². The van der Waals surface area contributed by atoms with Crippen molar-refractivity contribution in [2.45, 2.75) is 19.3 Å². The lowest BCUT2D eigenvalue weighted by Crippen LogP contribution is -2.55. The Morgan fingerprint density at radius 1 is 1.26 bits per heavy atom. The SMILES string of the molecule is O=C(C1CN(c2ccncc2Br)C1)N1CCCCC1. The Morgan fingerprint density at radius 3 is 2.68 bits per heavy atom. The number of carbonyl (C=O) groups excluding carboxylic acids is 1. The summed E-state index contributed by atoms with van der Waals surface area (Å²) in [6, 6.07) is 1.99. The molecule has 3 rings (SSSR count). The Morgan fingerprint density at radius 2 is 2.00 bits per heavy atom. The van der Waals surface area contributed by atoms with Crippen LogP contribution in [0.15, 0.2) is 22.9 Å². The smallest absolute Gasteiger partial charge is 0.229 e. The van der Waals surface area contributed by atoms with Crippen molar-refractivity contribution in [3.8, 4) is 0 Å². The molecule has 19 heavy (non-hydrogen) atoms. The molecule has 1 aromatic rings. The summed E-state index contributed by atoms with van der Waals surface area (Å²) in [4.78, 5) is 20.7. The summed E-state index contributed by atoms with van der Waals surface area (Å²) in [5.41, 5.74) is 1.14. The Hall–Kier alpha value is -1.10. The third kappa shape index (κ3) is 2.61. The van der Waals surface area contributed by atoms with Crippen molar-refractivity contribution in [2.75, 3.05) is 31.1 Å². The maximum absolute atomic E-state index is 12.3. The molecule has 2 fully saturated rings. The van der Waals surface area contributed by atoms with E-state index in [1.54, 1.807) is 12.4 Å². The zero-order valence-electron chi connectivity index (χ0n) is 10.9. The Kier molecular flexibility index (Phi) is 3.73. The molecule has 3 heterocycles. The largest absolute Gasteiger partial charge is 0.369 e. The Balaban J connectivity index is 1.57. The van der Waals surface area contributed by atoms with Crippen molar-refractivity contribution in [3.63, 3.8) is 0 Å². The van der Waals surface area contributed by atoms with Crippen LogP contribution in [0.1, 0.15) is 19.3 Å². The summed E-state index contributed by atoms with van der Waals surface area (Å²) >= 11 is 3.51. The van der Waals surface area contributed by atoms with E-state index in [2.05, 4.69) is 25.8 Å². The topological polar surface area (TPSA) is 36.4 Å². The average molecular weight is 324 g/mol. The highest BCUT2D eigenvalue weighted by atomic mass is 79.9. The van der Waals surface area contributed by atoms with Gasteiger partial charge in [0.2, 0.25) is 5.91 Å². The number of hydrogen-bond acceptors (Lipinski definition) is 3. The number of nitrogens with zero attached hydrogens (tertiary/aromatic N) is 3. The minimum Gasteiger partial charge on any atom is -0.369 e. The van der Waals surface area contributed by atoms with Gasteiger partial charge in [0.25, 0.3) is 0 Å². The molecule has 0 saturated carbocycles. The van der Waals surface area contributed by atoms with Crippen LogP contribution in [-0.4, -0.2) is 42.0 Å². The number of carbonyl (C=O) groups is 1. The van der Waals surface area contributed by atoms with Gasteiger partial charge in [-0.25, -0.2) is 0 Å². The predicted molar refractivity (Wildman–Crippen MR) is 78.1 cm³/mol. The first-order valence-corrected chi connectivity index (χ1v) is 7.68. The van der Waals surface area contributed by atoms with E-state index in [9.17, 15) is 4.79 Å². The predicted octanol–water partition coefficient (Wildman–Crippen LogP) is 2.29. The van der Waals surface area contributed by atoms with Crippen LogP contribution in [0.25, 0.3) is 0 Å². The molecule has 102 valence electrons. The average Bonchev–Trinajstić information content (AvgIpc) is 2.40. The van der Waals surface area contributed by atoms with Gasteiger partial charge in [0.1, 0.15) is 0 Å². The molecule has 2 aliphatic heterocycles. The maximum atomic E-state index is 12.3. The fraction of sp³-hybridized carbons (Fsp3) is 0.571. The zero-order valence-corrected chi connectivity index (χ0v) is 12.5. The lowest BCUT2D eigenvalue weighted by molar-refractivity contribution is -0.137. The minimum atomic E-state index is 0.179. The number of likely N-dealkylation sites (tertiary alicyclic amines) is 1. The van der Waals surface area contributed by atoms with Crippen molar-refractivity contribution in [3.05, 3.63) is 22.9 Å². The van der Waals surface area contributed by atoms with Crippen LogP contribution in [0.2, 0.25) is 0 Å². The normalized spacial score (nSPS) is 20.3. The highest BCUT2D eigenvalue weighted by Gasteiger charge is 2.36. The van der Waals surface area contributed by atoms with E-state index >= 15 is 0 Å². The summed E-state index contributed by atoms with van der Waals surface area (Å²) in [5, 5.41) is 0. The first-order valence-electron chi connectivity index (χ1n) is 6.89. The summed E-state index contributed by atoms with van der Waals surface area (Å²) < 4.78 is 0.999. The molecule has 0 radical (unpaired) electrons. The van der Waals surface area contributed by atoms with Gasteiger partial charge in [0.15, 0.2) is 0 Å². The number of piperidine rings is 1.